The molecule has 0 aromatic heterocycles. The van der Waals surface area contributed by atoms with Gasteiger partial charge in [0.2, 0.25) is 11.8 Å². The molecule has 1 heterocycles. The minimum Gasteiger partial charge on any atom is -0.466 e. The van der Waals surface area contributed by atoms with Crippen molar-refractivity contribution >= 4 is 23.5 Å². The fraction of sp³-hybridized carbons (Fsp3) is 0.357. The molecule has 0 N–H and O–H groups in total. The largest absolute Gasteiger partial charge is 0.466 e. The topological polar surface area (TPSA) is 63.7 Å². The number of esters is 1. The highest BCUT2D eigenvalue weighted by Gasteiger charge is 2.71. The molecule has 2 unspecified atom stereocenters. The summed E-state index contributed by atoms with van der Waals surface area (Å²) in [6.45, 7) is 1.97. The van der Waals surface area contributed by atoms with Crippen molar-refractivity contribution in [1.82, 2.24) is 0 Å². The second kappa shape index (κ2) is 4.19. The van der Waals surface area contributed by atoms with Crippen LogP contribution in [0.25, 0.3) is 0 Å². The zero-order chi connectivity index (χ0) is 13.6. The molecule has 5 nitrogen and oxygen atoms in total. The number of piperidine rings is 1. The van der Waals surface area contributed by atoms with E-state index in [0.717, 1.165) is 0 Å². The summed E-state index contributed by atoms with van der Waals surface area (Å²) in [5.74, 6) is -2.64. The normalized spacial score (nSPS) is 28.3. The van der Waals surface area contributed by atoms with Crippen LogP contribution in [-0.4, -0.2) is 24.4 Å². The van der Waals surface area contributed by atoms with E-state index in [1.165, 1.54) is 4.90 Å². The van der Waals surface area contributed by atoms with E-state index in [1.54, 1.807) is 31.2 Å². The standard InChI is InChI=1S/C14H13NO4/c1-2-19-14(18)11-9-10(11)13(17)15(12(9)16)8-6-4-3-5-7-8/h3-7,9-11H,2H2,1H3. The zero-order valence-electron chi connectivity index (χ0n) is 10.4. The third-order valence-corrected chi connectivity index (χ3v) is 3.60. The molecule has 0 spiro atoms. The molecule has 2 atom stereocenters. The number of hydrogen-bond acceptors (Lipinski definition) is 4. The molecular formula is C14H13NO4. The molecule has 1 aromatic carbocycles. The lowest BCUT2D eigenvalue weighted by atomic mass is 10.2. The molecule has 1 saturated heterocycles. The summed E-state index contributed by atoms with van der Waals surface area (Å²) in [5.41, 5.74) is 0.562. The molecule has 1 aromatic rings. The molecule has 19 heavy (non-hydrogen) atoms. The van der Waals surface area contributed by atoms with Gasteiger partial charge in [-0.15, -0.1) is 0 Å². The summed E-state index contributed by atoms with van der Waals surface area (Å²) in [6.07, 6.45) is 0. The minimum absolute atomic E-state index is 0.263. The first-order chi connectivity index (χ1) is 9.16. The fourth-order valence-electron chi connectivity index (χ4n) is 2.70. The number of carbonyl (C=O) groups excluding carboxylic acids is 3. The van der Waals surface area contributed by atoms with Crippen LogP contribution < -0.4 is 4.90 Å². The Labute approximate surface area is 110 Å². The van der Waals surface area contributed by atoms with Gasteiger partial charge in [0.1, 0.15) is 0 Å². The lowest BCUT2D eigenvalue weighted by Gasteiger charge is -2.17. The zero-order valence-corrected chi connectivity index (χ0v) is 10.4. The lowest BCUT2D eigenvalue weighted by Crippen LogP contribution is -2.36. The molecule has 3 rings (SSSR count). The van der Waals surface area contributed by atoms with Crippen LogP contribution in [0.1, 0.15) is 6.92 Å². The van der Waals surface area contributed by atoms with Gasteiger partial charge in [-0.2, -0.15) is 0 Å². The molecule has 1 aliphatic heterocycles. The van der Waals surface area contributed by atoms with Gasteiger partial charge in [-0.25, -0.2) is 0 Å². The van der Waals surface area contributed by atoms with Crippen LogP contribution in [0, 0.1) is 17.8 Å². The average molecular weight is 259 g/mol. The molecule has 2 amide bonds. The fourth-order valence-corrected chi connectivity index (χ4v) is 2.70. The van der Waals surface area contributed by atoms with Gasteiger partial charge in [0.25, 0.3) is 0 Å². The van der Waals surface area contributed by atoms with E-state index >= 15 is 0 Å². The third-order valence-electron chi connectivity index (χ3n) is 3.60. The van der Waals surface area contributed by atoms with E-state index in [-0.39, 0.29) is 18.4 Å². The molecule has 0 bridgehead atoms. The van der Waals surface area contributed by atoms with Crippen LogP contribution in [0.2, 0.25) is 0 Å². The van der Waals surface area contributed by atoms with Gasteiger partial charge in [-0.3, -0.25) is 19.3 Å². The summed E-state index contributed by atoms with van der Waals surface area (Å²) in [4.78, 5) is 37.1. The minimum atomic E-state index is -0.570. The smallest absolute Gasteiger partial charge is 0.310 e. The van der Waals surface area contributed by atoms with Crippen LogP contribution in [-0.2, 0) is 19.1 Å². The number of ether oxygens (including phenoxy) is 1. The first-order valence-corrected chi connectivity index (χ1v) is 6.26. The van der Waals surface area contributed by atoms with E-state index in [0.29, 0.717) is 5.69 Å². The Kier molecular flexibility index (Phi) is 2.62. The van der Waals surface area contributed by atoms with Crippen LogP contribution in [0.5, 0.6) is 0 Å². The van der Waals surface area contributed by atoms with Crippen molar-refractivity contribution in [3.63, 3.8) is 0 Å². The monoisotopic (exact) mass is 259 g/mol. The number of rotatable bonds is 3. The summed E-state index contributed by atoms with van der Waals surface area (Å²) in [7, 11) is 0. The van der Waals surface area contributed by atoms with Gasteiger partial charge in [0, 0.05) is 0 Å². The summed E-state index contributed by atoms with van der Waals surface area (Å²) in [5, 5.41) is 0. The van der Waals surface area contributed by atoms with E-state index in [1.807, 2.05) is 6.07 Å². The number of carbonyl (C=O) groups is 3. The molecule has 2 aliphatic rings. The van der Waals surface area contributed by atoms with E-state index < -0.39 is 23.7 Å². The first kappa shape index (κ1) is 11.9. The molecule has 5 heteroatoms. The average Bonchev–Trinajstić information content (AvgIpc) is 3.10. The Balaban J connectivity index is 1.81. The van der Waals surface area contributed by atoms with Crippen molar-refractivity contribution in [1.29, 1.82) is 0 Å². The van der Waals surface area contributed by atoms with Crippen LogP contribution >= 0.6 is 0 Å². The van der Waals surface area contributed by atoms with Crippen LogP contribution in [0.4, 0.5) is 5.69 Å². The highest BCUT2D eigenvalue weighted by Crippen LogP contribution is 2.54. The number of fused-ring (bicyclic) bond motifs is 1. The Morgan fingerprint density at radius 2 is 1.74 bits per heavy atom. The van der Waals surface area contributed by atoms with E-state index in [9.17, 15) is 14.4 Å². The van der Waals surface area contributed by atoms with Crippen molar-refractivity contribution in [3.8, 4) is 0 Å². The van der Waals surface area contributed by atoms with E-state index in [4.69, 9.17) is 4.74 Å². The van der Waals surface area contributed by atoms with Crippen LogP contribution in [0.15, 0.2) is 30.3 Å². The Morgan fingerprint density at radius 1 is 1.16 bits per heavy atom. The SMILES string of the molecule is CCOC(=O)C1C2C(=O)N(c3ccccc3)C(=O)C12. The predicted molar refractivity (Wildman–Crippen MR) is 66.0 cm³/mol. The van der Waals surface area contributed by atoms with Crippen molar-refractivity contribution in [3.05, 3.63) is 30.3 Å². The second-order valence-electron chi connectivity index (χ2n) is 4.68. The molecule has 1 aliphatic carbocycles. The van der Waals surface area contributed by atoms with Crippen LogP contribution in [0.3, 0.4) is 0 Å². The Morgan fingerprint density at radius 3 is 2.26 bits per heavy atom. The molecule has 0 radical (unpaired) electrons. The number of para-hydroxylation sites is 1. The van der Waals surface area contributed by atoms with Crippen molar-refractivity contribution in [2.24, 2.45) is 17.8 Å². The lowest BCUT2D eigenvalue weighted by molar-refractivity contribution is -0.147. The first-order valence-electron chi connectivity index (χ1n) is 6.26. The highest BCUT2D eigenvalue weighted by atomic mass is 16.5. The molecule has 2 fully saturated rings. The van der Waals surface area contributed by atoms with Crippen molar-refractivity contribution < 1.29 is 19.1 Å². The Bertz CT molecular complexity index is 532. The highest BCUT2D eigenvalue weighted by molar-refractivity contribution is 6.27. The van der Waals surface area contributed by atoms with Crippen molar-refractivity contribution in [2.45, 2.75) is 6.92 Å². The third kappa shape index (κ3) is 1.65. The molecule has 1 saturated carbocycles. The van der Waals surface area contributed by atoms with Gasteiger partial charge in [0.05, 0.1) is 30.0 Å². The number of imide groups is 1. The van der Waals surface area contributed by atoms with Gasteiger partial charge in [-0.1, -0.05) is 18.2 Å². The van der Waals surface area contributed by atoms with Gasteiger partial charge >= 0.3 is 5.97 Å². The van der Waals surface area contributed by atoms with Crippen molar-refractivity contribution in [2.75, 3.05) is 11.5 Å². The number of nitrogens with zero attached hydrogens (tertiary/aromatic N) is 1. The molecular weight excluding hydrogens is 246 g/mol. The number of amides is 2. The number of anilines is 1. The van der Waals surface area contributed by atoms with Gasteiger partial charge < -0.3 is 4.74 Å². The quantitative estimate of drug-likeness (QED) is 0.599. The van der Waals surface area contributed by atoms with Gasteiger partial charge in [0.15, 0.2) is 0 Å². The number of benzene rings is 1. The second-order valence-corrected chi connectivity index (χ2v) is 4.68. The summed E-state index contributed by atoms with van der Waals surface area (Å²) >= 11 is 0. The summed E-state index contributed by atoms with van der Waals surface area (Å²) < 4.78 is 4.88. The maximum absolute atomic E-state index is 12.2. The molecule has 98 valence electrons. The predicted octanol–water partition coefficient (Wildman–Crippen LogP) is 0.985. The van der Waals surface area contributed by atoms with Gasteiger partial charge in [-0.05, 0) is 19.1 Å². The number of hydrogen-bond donors (Lipinski definition) is 0. The maximum Gasteiger partial charge on any atom is 0.310 e. The van der Waals surface area contributed by atoms with E-state index in [2.05, 4.69) is 0 Å². The summed E-state index contributed by atoms with van der Waals surface area (Å²) in [6, 6.07) is 8.77. The Hall–Kier alpha value is -2.17. The maximum atomic E-state index is 12.2.